The molecule has 10 nitrogen and oxygen atoms in total. The van der Waals surface area contributed by atoms with Gasteiger partial charge < -0.3 is 31.4 Å². The van der Waals surface area contributed by atoms with Gasteiger partial charge in [0.2, 0.25) is 0 Å². The lowest BCUT2D eigenvalue weighted by molar-refractivity contribution is 0.143. The van der Waals surface area contributed by atoms with Gasteiger partial charge in [0.05, 0.1) is 12.4 Å². The van der Waals surface area contributed by atoms with Crippen molar-refractivity contribution in [2.75, 3.05) is 13.1 Å². The molecule has 1 rings (SSSR count). The van der Waals surface area contributed by atoms with Crippen molar-refractivity contribution >= 4 is 7.82 Å². The van der Waals surface area contributed by atoms with Crippen LogP contribution in [0.5, 0.6) is 0 Å². The van der Waals surface area contributed by atoms with Crippen LogP contribution in [0.25, 0.3) is 0 Å². The fraction of sp³-hybridized carbons (Fsp3) is 0.500. The Morgan fingerprint density at radius 3 is 1.73 bits per heavy atom. The molecule has 0 atom stereocenters. The third kappa shape index (κ3) is 32.1. The highest BCUT2D eigenvalue weighted by Crippen LogP contribution is 2.25. The van der Waals surface area contributed by atoms with Gasteiger partial charge in [-0.25, -0.2) is 4.57 Å². The molecule has 0 spiro atoms. The molecule has 0 aliphatic rings. The van der Waals surface area contributed by atoms with Gasteiger partial charge in [0.15, 0.2) is 0 Å². The second-order valence-corrected chi connectivity index (χ2v) is 2.94. The first-order chi connectivity index (χ1) is 6.81. The Hall–Kier alpha value is -1.03. The maximum absolute atomic E-state index is 8.88. The summed E-state index contributed by atoms with van der Waals surface area (Å²) in [6.45, 7) is 1.19. The normalized spacial score (nSPS) is 9.40. The first kappa shape index (κ1) is 16.4. The molecule has 0 aliphatic carbocycles. The van der Waals surface area contributed by atoms with E-state index in [1.54, 1.807) is 0 Å². The number of phosphoric acid groups is 1. The van der Waals surface area contributed by atoms with Crippen molar-refractivity contribution < 1.29 is 24.5 Å². The van der Waals surface area contributed by atoms with E-state index in [4.69, 9.17) is 35.9 Å². The fourth-order valence-electron chi connectivity index (χ4n) is 0.202. The standard InChI is InChI=1S/C2H3N3O.C2H8N2.H3O4P/c6-5-2-1-3-4-5;3-1-2-4;1-5(2,3)4/h1-2,6H;1-4H2;(H3,1,2,3,4). The van der Waals surface area contributed by atoms with E-state index >= 15 is 0 Å². The molecular formula is C4H14N5O5P. The molecule has 0 aromatic carbocycles. The zero-order chi connectivity index (χ0) is 12.3. The van der Waals surface area contributed by atoms with E-state index in [0.29, 0.717) is 17.9 Å². The van der Waals surface area contributed by atoms with Gasteiger partial charge in [-0.2, -0.15) is 0 Å². The summed E-state index contributed by atoms with van der Waals surface area (Å²) in [5, 5.41) is 14.6. The molecule has 0 radical (unpaired) electrons. The van der Waals surface area contributed by atoms with Crippen LogP contribution in [0.3, 0.4) is 0 Å². The number of nitrogens with zero attached hydrogens (tertiary/aromatic N) is 3. The SMILES string of the molecule is NCCN.O=P(O)(O)O.On1ccnn1. The van der Waals surface area contributed by atoms with E-state index in [9.17, 15) is 0 Å². The minimum atomic E-state index is -4.64. The molecule has 0 aliphatic heterocycles. The molecule has 1 heterocycles. The van der Waals surface area contributed by atoms with E-state index in [-0.39, 0.29) is 0 Å². The van der Waals surface area contributed by atoms with Crippen molar-refractivity contribution in [1.82, 2.24) is 15.2 Å². The molecule has 0 saturated heterocycles. The van der Waals surface area contributed by atoms with Crippen LogP contribution < -0.4 is 11.5 Å². The molecule has 0 fully saturated rings. The lowest BCUT2D eigenvalue weighted by Gasteiger charge is -1.82. The summed E-state index contributed by atoms with van der Waals surface area (Å²) in [5.74, 6) is 0. The topological polar surface area (TPSA) is 181 Å². The molecule has 0 unspecified atom stereocenters. The summed E-state index contributed by atoms with van der Waals surface area (Å²) in [5.41, 5.74) is 9.81. The van der Waals surface area contributed by atoms with Crippen LogP contribution in [0.15, 0.2) is 12.4 Å². The van der Waals surface area contributed by atoms with E-state index < -0.39 is 7.82 Å². The lowest BCUT2D eigenvalue weighted by atomic mass is 10.7. The second kappa shape index (κ2) is 9.52. The maximum atomic E-state index is 8.88. The van der Waals surface area contributed by atoms with Crippen molar-refractivity contribution in [2.45, 2.75) is 0 Å². The van der Waals surface area contributed by atoms with Gasteiger partial charge in [-0.05, 0) is 5.21 Å². The van der Waals surface area contributed by atoms with Crippen LogP contribution in [-0.4, -0.2) is 48.1 Å². The van der Waals surface area contributed by atoms with Crippen LogP contribution in [0.4, 0.5) is 0 Å². The Morgan fingerprint density at radius 2 is 1.67 bits per heavy atom. The number of hydrogen-bond donors (Lipinski definition) is 6. The maximum Gasteiger partial charge on any atom is 0.466 e. The van der Waals surface area contributed by atoms with Crippen molar-refractivity contribution in [3.05, 3.63) is 12.4 Å². The minimum Gasteiger partial charge on any atom is -0.411 e. The van der Waals surface area contributed by atoms with Crippen LogP contribution in [0, 0.1) is 0 Å². The number of aromatic nitrogens is 3. The molecule has 15 heavy (non-hydrogen) atoms. The smallest absolute Gasteiger partial charge is 0.411 e. The number of hydrogen-bond acceptors (Lipinski definition) is 6. The van der Waals surface area contributed by atoms with Gasteiger partial charge in [0.25, 0.3) is 0 Å². The minimum absolute atomic E-state index is 0.597. The lowest BCUT2D eigenvalue weighted by Crippen LogP contribution is -2.11. The van der Waals surface area contributed by atoms with Gasteiger partial charge in [-0.3, -0.25) is 0 Å². The Balaban J connectivity index is 0. The Labute approximate surface area is 85.3 Å². The Morgan fingerprint density at radius 1 is 1.27 bits per heavy atom. The zero-order valence-corrected chi connectivity index (χ0v) is 8.60. The number of rotatable bonds is 1. The molecule has 1 aromatic rings. The largest absolute Gasteiger partial charge is 0.466 e. The summed E-state index contributed by atoms with van der Waals surface area (Å²) < 4.78 is 8.88. The molecule has 0 saturated carbocycles. The Kier molecular flexibility index (Phi) is 10.4. The van der Waals surface area contributed by atoms with E-state index in [2.05, 4.69) is 10.3 Å². The monoisotopic (exact) mass is 243 g/mol. The van der Waals surface area contributed by atoms with Crippen LogP contribution in [-0.2, 0) is 4.57 Å². The molecule has 11 heteroatoms. The first-order valence-corrected chi connectivity index (χ1v) is 5.11. The van der Waals surface area contributed by atoms with Crippen molar-refractivity contribution in [3.63, 3.8) is 0 Å². The predicted octanol–water partition coefficient (Wildman–Crippen LogP) is -2.51. The summed E-state index contributed by atoms with van der Waals surface area (Å²) in [7, 11) is -4.64. The van der Waals surface area contributed by atoms with Gasteiger partial charge in [0, 0.05) is 13.1 Å². The van der Waals surface area contributed by atoms with Gasteiger partial charge in [0.1, 0.15) is 0 Å². The highest BCUT2D eigenvalue weighted by Gasteiger charge is 2.00. The zero-order valence-electron chi connectivity index (χ0n) is 7.71. The number of nitrogens with two attached hydrogens (primary N) is 2. The second-order valence-electron chi connectivity index (χ2n) is 1.91. The molecule has 0 amide bonds. The van der Waals surface area contributed by atoms with Crippen LogP contribution in [0.1, 0.15) is 0 Å². The average Bonchev–Trinajstić information content (AvgIpc) is 2.53. The molecule has 90 valence electrons. The van der Waals surface area contributed by atoms with Crippen molar-refractivity contribution in [2.24, 2.45) is 11.5 Å². The fourth-order valence-corrected chi connectivity index (χ4v) is 0.202. The van der Waals surface area contributed by atoms with Crippen LogP contribution in [0.2, 0.25) is 0 Å². The van der Waals surface area contributed by atoms with Gasteiger partial charge in [-0.1, -0.05) is 4.85 Å². The molecule has 1 aromatic heterocycles. The first-order valence-electron chi connectivity index (χ1n) is 3.55. The third-order valence-corrected chi connectivity index (χ3v) is 0.577. The van der Waals surface area contributed by atoms with E-state index in [0.717, 1.165) is 0 Å². The highest BCUT2D eigenvalue weighted by atomic mass is 31.2. The van der Waals surface area contributed by atoms with Crippen LogP contribution >= 0.6 is 7.82 Å². The van der Waals surface area contributed by atoms with Crippen molar-refractivity contribution in [1.29, 1.82) is 0 Å². The molecule has 8 N–H and O–H groups in total. The van der Waals surface area contributed by atoms with E-state index in [1.165, 1.54) is 12.4 Å². The van der Waals surface area contributed by atoms with Gasteiger partial charge in [-0.15, -0.1) is 5.10 Å². The molecular weight excluding hydrogens is 229 g/mol. The quantitative estimate of drug-likeness (QED) is 0.229. The molecule has 0 bridgehead atoms. The summed E-state index contributed by atoms with van der Waals surface area (Å²) in [6, 6.07) is 0. The summed E-state index contributed by atoms with van der Waals surface area (Å²) in [4.78, 5) is 22.2. The summed E-state index contributed by atoms with van der Waals surface area (Å²) >= 11 is 0. The summed E-state index contributed by atoms with van der Waals surface area (Å²) in [6.07, 6.45) is 2.72. The average molecular weight is 243 g/mol. The van der Waals surface area contributed by atoms with E-state index in [1.807, 2.05) is 0 Å². The predicted molar refractivity (Wildman–Crippen MR) is 49.6 cm³/mol. The Bertz CT molecular complexity index is 250. The highest BCUT2D eigenvalue weighted by molar-refractivity contribution is 7.45. The third-order valence-electron chi connectivity index (χ3n) is 0.577. The van der Waals surface area contributed by atoms with Crippen molar-refractivity contribution in [3.8, 4) is 0 Å². The van der Waals surface area contributed by atoms with Gasteiger partial charge >= 0.3 is 7.82 Å².